The van der Waals surface area contributed by atoms with E-state index < -0.39 is 34.4 Å². The lowest BCUT2D eigenvalue weighted by Gasteiger charge is -2.36. The molecule has 184 valence electrons. The largest absolute Gasteiger partial charge is 0.492 e. The molecule has 0 spiro atoms. The molecular formula is C25H21ClN4O6. The summed E-state index contributed by atoms with van der Waals surface area (Å²) in [6.07, 6.45) is -0.373. The van der Waals surface area contributed by atoms with Crippen molar-refractivity contribution in [2.75, 3.05) is 22.1 Å². The molecule has 1 aliphatic rings. The molecule has 0 bridgehead atoms. The highest BCUT2D eigenvalue weighted by Crippen LogP contribution is 2.35. The van der Waals surface area contributed by atoms with Gasteiger partial charge in [-0.25, -0.2) is 0 Å². The Balaban J connectivity index is 1.68. The third kappa shape index (κ3) is 4.98. The van der Waals surface area contributed by atoms with Crippen molar-refractivity contribution < 1.29 is 24.0 Å². The zero-order chi connectivity index (χ0) is 25.8. The fourth-order valence-electron chi connectivity index (χ4n) is 3.88. The number of hydrogen-bond donors (Lipinski definition) is 2. The minimum Gasteiger partial charge on any atom is -0.492 e. The van der Waals surface area contributed by atoms with Crippen molar-refractivity contribution in [2.45, 2.75) is 19.4 Å². The average molecular weight is 509 g/mol. The van der Waals surface area contributed by atoms with Crippen molar-refractivity contribution in [3.05, 3.63) is 87.4 Å². The Morgan fingerprint density at radius 1 is 1.14 bits per heavy atom. The van der Waals surface area contributed by atoms with Gasteiger partial charge in [0.25, 0.3) is 11.6 Å². The Bertz CT molecular complexity index is 1360. The first kappa shape index (κ1) is 24.7. The molecule has 0 radical (unpaired) electrons. The monoisotopic (exact) mass is 508 g/mol. The van der Waals surface area contributed by atoms with Gasteiger partial charge in [-0.2, -0.15) is 0 Å². The topological polar surface area (TPSA) is 131 Å². The molecule has 0 aromatic heterocycles. The van der Waals surface area contributed by atoms with Gasteiger partial charge in [-0.3, -0.25) is 29.4 Å². The molecule has 0 unspecified atom stereocenters. The van der Waals surface area contributed by atoms with E-state index in [1.54, 1.807) is 48.5 Å². The Labute approximate surface area is 211 Å². The predicted molar refractivity (Wildman–Crippen MR) is 135 cm³/mol. The number of nitro groups is 1. The number of nitrogens with zero attached hydrogens (tertiary/aromatic N) is 2. The Morgan fingerprint density at radius 2 is 1.86 bits per heavy atom. The minimum absolute atomic E-state index is 0.0531. The van der Waals surface area contributed by atoms with E-state index in [0.717, 1.165) is 6.07 Å². The number of anilines is 3. The number of hydrogen-bond acceptors (Lipinski definition) is 6. The first-order valence-corrected chi connectivity index (χ1v) is 11.4. The van der Waals surface area contributed by atoms with Crippen LogP contribution in [0.1, 0.15) is 23.7 Å². The van der Waals surface area contributed by atoms with Crippen molar-refractivity contribution in [1.82, 2.24) is 0 Å². The van der Waals surface area contributed by atoms with Gasteiger partial charge in [0.2, 0.25) is 11.8 Å². The molecule has 0 saturated heterocycles. The molecule has 10 nitrogen and oxygen atoms in total. The Kier molecular flexibility index (Phi) is 7.16. The Hall–Kier alpha value is -4.44. The number of para-hydroxylation sites is 4. The molecule has 0 saturated carbocycles. The van der Waals surface area contributed by atoms with Crippen molar-refractivity contribution in [3.63, 3.8) is 0 Å². The molecule has 3 amide bonds. The standard InChI is InChI=1S/C25H21ClN4O6/c1-2-36-22-10-6-4-8-18(22)27-23(31)14-21-24(32)28-17-7-3-5-9-19(17)29(21)25(33)15-11-12-16(26)20(13-15)30(34)35/h3-13,21H,2,14H2,1H3,(H,27,31)(H,28,32)/t21-/m1/s1. The van der Waals surface area contributed by atoms with E-state index in [0.29, 0.717) is 29.4 Å². The molecule has 1 heterocycles. The van der Waals surface area contributed by atoms with Gasteiger partial charge in [0.05, 0.1) is 35.0 Å². The number of amides is 3. The smallest absolute Gasteiger partial charge is 0.288 e. The summed E-state index contributed by atoms with van der Waals surface area (Å²) >= 11 is 5.90. The number of halogens is 1. The number of nitrogens with one attached hydrogen (secondary N) is 2. The van der Waals surface area contributed by atoms with Crippen LogP contribution in [0.25, 0.3) is 0 Å². The van der Waals surface area contributed by atoms with Crippen LogP contribution in [0.2, 0.25) is 5.02 Å². The highest BCUT2D eigenvalue weighted by Gasteiger charge is 2.39. The molecule has 3 aromatic rings. The second-order valence-electron chi connectivity index (χ2n) is 7.80. The quantitative estimate of drug-likeness (QED) is 0.353. The lowest BCUT2D eigenvalue weighted by atomic mass is 10.0. The number of carbonyl (C=O) groups excluding carboxylic acids is 3. The molecule has 3 aromatic carbocycles. The summed E-state index contributed by atoms with van der Waals surface area (Å²) in [4.78, 5) is 51.5. The Morgan fingerprint density at radius 3 is 2.61 bits per heavy atom. The van der Waals surface area contributed by atoms with Gasteiger partial charge in [-0.05, 0) is 43.3 Å². The predicted octanol–water partition coefficient (Wildman–Crippen LogP) is 4.64. The summed E-state index contributed by atoms with van der Waals surface area (Å²) in [5.74, 6) is -1.32. The second kappa shape index (κ2) is 10.4. The van der Waals surface area contributed by atoms with E-state index in [4.69, 9.17) is 16.3 Å². The summed E-state index contributed by atoms with van der Waals surface area (Å²) in [6.45, 7) is 2.21. The first-order chi connectivity index (χ1) is 17.3. The summed E-state index contributed by atoms with van der Waals surface area (Å²) in [6, 6.07) is 15.9. The van der Waals surface area contributed by atoms with Crippen LogP contribution in [0.15, 0.2) is 66.7 Å². The van der Waals surface area contributed by atoms with Crippen molar-refractivity contribution in [3.8, 4) is 5.75 Å². The maximum Gasteiger partial charge on any atom is 0.288 e. The SMILES string of the molecule is CCOc1ccccc1NC(=O)C[C@@H]1C(=O)Nc2ccccc2N1C(=O)c1ccc(Cl)c([N+](=O)[O-])c1. The van der Waals surface area contributed by atoms with Crippen LogP contribution in [0.4, 0.5) is 22.7 Å². The number of fused-ring (bicyclic) bond motifs is 1. The normalized spacial score (nSPS) is 14.4. The molecular weight excluding hydrogens is 488 g/mol. The highest BCUT2D eigenvalue weighted by molar-refractivity contribution is 6.33. The molecule has 1 atom stereocenters. The maximum absolute atomic E-state index is 13.6. The van der Waals surface area contributed by atoms with Gasteiger partial charge in [0.15, 0.2) is 0 Å². The van der Waals surface area contributed by atoms with Crippen LogP contribution in [-0.2, 0) is 9.59 Å². The zero-order valence-electron chi connectivity index (χ0n) is 19.1. The van der Waals surface area contributed by atoms with Crippen LogP contribution < -0.4 is 20.3 Å². The number of nitro benzene ring substituents is 1. The van der Waals surface area contributed by atoms with E-state index >= 15 is 0 Å². The zero-order valence-corrected chi connectivity index (χ0v) is 19.8. The lowest BCUT2D eigenvalue weighted by molar-refractivity contribution is -0.384. The molecule has 0 fully saturated rings. The van der Waals surface area contributed by atoms with Crippen LogP contribution in [-0.4, -0.2) is 35.3 Å². The van der Waals surface area contributed by atoms with Gasteiger partial charge in [0, 0.05) is 11.6 Å². The van der Waals surface area contributed by atoms with Gasteiger partial charge in [-0.15, -0.1) is 0 Å². The molecule has 1 aliphatic heterocycles. The van der Waals surface area contributed by atoms with E-state index in [9.17, 15) is 24.5 Å². The summed E-state index contributed by atoms with van der Waals surface area (Å²) < 4.78 is 5.53. The number of rotatable bonds is 7. The minimum atomic E-state index is -1.22. The summed E-state index contributed by atoms with van der Waals surface area (Å²) in [5.41, 5.74) is 0.652. The molecule has 2 N–H and O–H groups in total. The highest BCUT2D eigenvalue weighted by atomic mass is 35.5. The first-order valence-electron chi connectivity index (χ1n) is 11.0. The van der Waals surface area contributed by atoms with Gasteiger partial charge in [-0.1, -0.05) is 35.9 Å². The fraction of sp³-hybridized carbons (Fsp3) is 0.160. The number of carbonyl (C=O) groups is 3. The van der Waals surface area contributed by atoms with Gasteiger partial charge in [0.1, 0.15) is 16.8 Å². The van der Waals surface area contributed by atoms with Gasteiger partial charge < -0.3 is 15.4 Å². The van der Waals surface area contributed by atoms with Crippen molar-refractivity contribution in [1.29, 1.82) is 0 Å². The van der Waals surface area contributed by atoms with E-state index in [1.807, 2.05) is 6.92 Å². The summed E-state index contributed by atoms with van der Waals surface area (Å²) in [7, 11) is 0. The number of ether oxygens (including phenoxy) is 1. The third-order valence-electron chi connectivity index (χ3n) is 5.48. The van der Waals surface area contributed by atoms with Crippen LogP contribution in [0.3, 0.4) is 0 Å². The average Bonchev–Trinajstić information content (AvgIpc) is 2.85. The molecule has 11 heteroatoms. The molecule has 36 heavy (non-hydrogen) atoms. The lowest BCUT2D eigenvalue weighted by Crippen LogP contribution is -2.52. The van der Waals surface area contributed by atoms with E-state index in [1.165, 1.54) is 17.0 Å². The summed E-state index contributed by atoms with van der Waals surface area (Å²) in [5, 5.41) is 16.7. The second-order valence-corrected chi connectivity index (χ2v) is 8.21. The van der Waals surface area contributed by atoms with Crippen LogP contribution in [0.5, 0.6) is 5.75 Å². The fourth-order valence-corrected chi connectivity index (χ4v) is 4.06. The van der Waals surface area contributed by atoms with Crippen molar-refractivity contribution >= 4 is 52.1 Å². The van der Waals surface area contributed by atoms with Crippen LogP contribution >= 0.6 is 11.6 Å². The van der Waals surface area contributed by atoms with Crippen LogP contribution in [0, 0.1) is 10.1 Å². The van der Waals surface area contributed by atoms with Crippen molar-refractivity contribution in [2.24, 2.45) is 0 Å². The van der Waals surface area contributed by atoms with E-state index in [2.05, 4.69) is 10.6 Å². The maximum atomic E-state index is 13.6. The van der Waals surface area contributed by atoms with E-state index in [-0.39, 0.29) is 17.0 Å². The molecule has 4 rings (SSSR count). The molecule has 0 aliphatic carbocycles. The number of benzene rings is 3. The third-order valence-corrected chi connectivity index (χ3v) is 5.80. The van der Waals surface area contributed by atoms with Gasteiger partial charge >= 0.3 is 0 Å².